The summed E-state index contributed by atoms with van der Waals surface area (Å²) in [6.07, 6.45) is 3.40. The summed E-state index contributed by atoms with van der Waals surface area (Å²) in [5.41, 5.74) is 9.35. The lowest BCUT2D eigenvalue weighted by molar-refractivity contribution is 0.957. The molecule has 0 saturated heterocycles. The molecule has 3 rings (SSSR count). The van der Waals surface area contributed by atoms with Gasteiger partial charge < -0.3 is 10.3 Å². The number of nitrogens with zero attached hydrogens (tertiary/aromatic N) is 3. The van der Waals surface area contributed by atoms with Crippen molar-refractivity contribution < 1.29 is 0 Å². The number of nitrogens with two attached hydrogens (primary N) is 1. The Morgan fingerprint density at radius 1 is 1.22 bits per heavy atom. The first kappa shape index (κ1) is 11.2. The fourth-order valence-corrected chi connectivity index (χ4v) is 2.36. The second kappa shape index (κ2) is 4.10. The third-order valence-electron chi connectivity index (χ3n) is 2.86. The summed E-state index contributed by atoms with van der Waals surface area (Å²) in [5, 5.41) is 0. The third kappa shape index (κ3) is 1.76. The summed E-state index contributed by atoms with van der Waals surface area (Å²) in [7, 11) is 1.99. The lowest BCUT2D eigenvalue weighted by Gasteiger charge is -2.02. The van der Waals surface area contributed by atoms with Crippen molar-refractivity contribution in [3.05, 3.63) is 41.1 Å². The molecule has 18 heavy (non-hydrogen) atoms. The molecule has 0 spiro atoms. The van der Waals surface area contributed by atoms with Crippen molar-refractivity contribution in [1.29, 1.82) is 0 Å². The lowest BCUT2D eigenvalue weighted by Crippen LogP contribution is -1.94. The maximum atomic E-state index is 5.76. The lowest BCUT2D eigenvalue weighted by atomic mass is 10.2. The third-order valence-corrected chi connectivity index (χ3v) is 3.35. The molecule has 2 heterocycles. The van der Waals surface area contributed by atoms with Crippen LogP contribution in [0.5, 0.6) is 0 Å². The van der Waals surface area contributed by atoms with Crippen molar-refractivity contribution in [2.24, 2.45) is 7.05 Å². The molecule has 0 aliphatic rings. The van der Waals surface area contributed by atoms with Gasteiger partial charge in [-0.3, -0.25) is 4.98 Å². The number of fused-ring (bicyclic) bond motifs is 1. The van der Waals surface area contributed by atoms with Crippen LogP contribution in [-0.2, 0) is 7.05 Å². The summed E-state index contributed by atoms with van der Waals surface area (Å²) < 4.78 is 3.06. The summed E-state index contributed by atoms with van der Waals surface area (Å²) >= 11 is 3.45. The van der Waals surface area contributed by atoms with E-state index in [-0.39, 0.29) is 0 Å². The van der Waals surface area contributed by atoms with Gasteiger partial charge in [-0.05, 0) is 24.3 Å². The topological polar surface area (TPSA) is 56.7 Å². The van der Waals surface area contributed by atoms with Gasteiger partial charge in [0.25, 0.3) is 0 Å². The predicted molar refractivity (Wildman–Crippen MR) is 76.1 cm³/mol. The number of aryl methyl sites for hydroxylation is 1. The van der Waals surface area contributed by atoms with E-state index in [1.807, 2.05) is 35.9 Å². The molecule has 0 aliphatic carbocycles. The van der Waals surface area contributed by atoms with E-state index in [4.69, 9.17) is 5.73 Å². The van der Waals surface area contributed by atoms with Gasteiger partial charge in [0.2, 0.25) is 0 Å². The second-order valence-corrected chi connectivity index (χ2v) is 5.05. The Labute approximate surface area is 113 Å². The molecule has 0 bridgehead atoms. The van der Waals surface area contributed by atoms with Crippen LogP contribution in [0.2, 0.25) is 0 Å². The molecule has 4 nitrogen and oxygen atoms in total. The molecule has 90 valence electrons. The van der Waals surface area contributed by atoms with E-state index < -0.39 is 0 Å². The average Bonchev–Trinajstić information content (AvgIpc) is 2.66. The first-order valence-corrected chi connectivity index (χ1v) is 6.27. The Morgan fingerprint density at radius 2 is 2.06 bits per heavy atom. The standard InChI is InChI=1S/C13H11BrN4/c1-18-12-3-2-9(14)5-11(12)17-13(18)8-4-10(15)7-16-6-8/h2-7H,15H2,1H3. The molecule has 0 atom stereocenters. The van der Waals surface area contributed by atoms with Gasteiger partial charge in [-0.25, -0.2) is 4.98 Å². The summed E-state index contributed by atoms with van der Waals surface area (Å²) in [5.74, 6) is 0.864. The zero-order valence-corrected chi connectivity index (χ0v) is 11.3. The summed E-state index contributed by atoms with van der Waals surface area (Å²) in [6.45, 7) is 0. The van der Waals surface area contributed by atoms with E-state index >= 15 is 0 Å². The van der Waals surface area contributed by atoms with E-state index in [1.54, 1.807) is 12.4 Å². The van der Waals surface area contributed by atoms with Crippen LogP contribution in [0.4, 0.5) is 5.69 Å². The van der Waals surface area contributed by atoms with Crippen LogP contribution in [-0.4, -0.2) is 14.5 Å². The molecule has 0 saturated carbocycles. The van der Waals surface area contributed by atoms with Crippen molar-refractivity contribution in [2.75, 3.05) is 5.73 Å². The number of hydrogen-bond acceptors (Lipinski definition) is 3. The van der Waals surface area contributed by atoms with Crippen LogP contribution in [0.1, 0.15) is 0 Å². The van der Waals surface area contributed by atoms with E-state index in [1.165, 1.54) is 0 Å². The predicted octanol–water partition coefficient (Wildman–Crippen LogP) is 2.98. The number of hydrogen-bond donors (Lipinski definition) is 1. The molecule has 2 N–H and O–H groups in total. The number of pyridine rings is 1. The fourth-order valence-electron chi connectivity index (χ4n) is 2.01. The molecule has 0 fully saturated rings. The molecule has 5 heteroatoms. The normalized spacial score (nSPS) is 11.0. The maximum Gasteiger partial charge on any atom is 0.142 e. The minimum atomic E-state index is 0.640. The molecule has 0 radical (unpaired) electrons. The van der Waals surface area contributed by atoms with E-state index in [0.717, 1.165) is 26.9 Å². The van der Waals surface area contributed by atoms with Gasteiger partial charge in [0, 0.05) is 29.5 Å². The number of benzene rings is 1. The zero-order valence-electron chi connectivity index (χ0n) is 9.76. The number of halogens is 1. The smallest absolute Gasteiger partial charge is 0.142 e. The van der Waals surface area contributed by atoms with Crippen LogP contribution in [0, 0.1) is 0 Å². The molecule has 3 aromatic rings. The first-order valence-electron chi connectivity index (χ1n) is 5.48. The molecule has 1 aromatic carbocycles. The fraction of sp³-hybridized carbons (Fsp3) is 0.0769. The molecular weight excluding hydrogens is 292 g/mol. The minimum absolute atomic E-state index is 0.640. The Balaban J connectivity index is 2.27. The second-order valence-electron chi connectivity index (χ2n) is 4.13. The SMILES string of the molecule is Cn1c(-c2cncc(N)c2)nc2cc(Br)ccc21. The number of aromatic nitrogens is 3. The molecule has 0 aliphatic heterocycles. The van der Waals surface area contributed by atoms with Crippen LogP contribution in [0.15, 0.2) is 41.1 Å². The monoisotopic (exact) mass is 302 g/mol. The average molecular weight is 303 g/mol. The highest BCUT2D eigenvalue weighted by Gasteiger charge is 2.10. The molecular formula is C13H11BrN4. The van der Waals surface area contributed by atoms with E-state index in [0.29, 0.717) is 5.69 Å². The van der Waals surface area contributed by atoms with E-state index in [2.05, 4.69) is 25.9 Å². The van der Waals surface area contributed by atoms with Gasteiger partial charge in [0.15, 0.2) is 0 Å². The minimum Gasteiger partial charge on any atom is -0.397 e. The Bertz CT molecular complexity index is 733. The summed E-state index contributed by atoms with van der Waals surface area (Å²) in [6, 6.07) is 7.92. The van der Waals surface area contributed by atoms with Crippen molar-refractivity contribution in [2.45, 2.75) is 0 Å². The van der Waals surface area contributed by atoms with Crippen LogP contribution in [0.25, 0.3) is 22.4 Å². The molecule has 2 aromatic heterocycles. The van der Waals surface area contributed by atoms with Gasteiger partial charge in [0.1, 0.15) is 5.82 Å². The van der Waals surface area contributed by atoms with Gasteiger partial charge in [0.05, 0.1) is 16.7 Å². The Hall–Kier alpha value is -1.88. The summed E-state index contributed by atoms with van der Waals surface area (Å²) in [4.78, 5) is 8.72. The Morgan fingerprint density at radius 3 is 2.83 bits per heavy atom. The molecule has 0 amide bonds. The van der Waals surface area contributed by atoms with Gasteiger partial charge in [-0.15, -0.1) is 0 Å². The van der Waals surface area contributed by atoms with Crippen LogP contribution < -0.4 is 5.73 Å². The number of anilines is 1. The number of imidazole rings is 1. The van der Waals surface area contributed by atoms with Gasteiger partial charge in [-0.2, -0.15) is 0 Å². The van der Waals surface area contributed by atoms with Gasteiger partial charge in [-0.1, -0.05) is 15.9 Å². The van der Waals surface area contributed by atoms with Crippen molar-refractivity contribution in [1.82, 2.24) is 14.5 Å². The quantitative estimate of drug-likeness (QED) is 0.752. The van der Waals surface area contributed by atoms with E-state index in [9.17, 15) is 0 Å². The van der Waals surface area contributed by atoms with Crippen molar-refractivity contribution in [3.63, 3.8) is 0 Å². The molecule has 0 unspecified atom stereocenters. The number of nitrogen functional groups attached to an aromatic ring is 1. The first-order chi connectivity index (χ1) is 8.65. The van der Waals surface area contributed by atoms with Crippen LogP contribution >= 0.6 is 15.9 Å². The van der Waals surface area contributed by atoms with Gasteiger partial charge >= 0.3 is 0 Å². The van der Waals surface area contributed by atoms with Crippen LogP contribution in [0.3, 0.4) is 0 Å². The van der Waals surface area contributed by atoms with Crippen molar-refractivity contribution >= 4 is 32.7 Å². The highest BCUT2D eigenvalue weighted by atomic mass is 79.9. The highest BCUT2D eigenvalue weighted by Crippen LogP contribution is 2.26. The number of rotatable bonds is 1. The highest BCUT2D eigenvalue weighted by molar-refractivity contribution is 9.10. The zero-order chi connectivity index (χ0) is 12.7. The maximum absolute atomic E-state index is 5.76. The van der Waals surface area contributed by atoms with Crippen molar-refractivity contribution in [3.8, 4) is 11.4 Å². The Kier molecular flexibility index (Phi) is 2.56. The largest absolute Gasteiger partial charge is 0.397 e.